The van der Waals surface area contributed by atoms with Crippen LogP contribution in [0.25, 0.3) is 0 Å². The van der Waals surface area contributed by atoms with Crippen LogP contribution in [0.4, 0.5) is 10.1 Å². The molecule has 0 aliphatic carbocycles. The molecule has 3 rings (SSSR count). The van der Waals surface area contributed by atoms with Gasteiger partial charge in [0.25, 0.3) is 5.91 Å². The fourth-order valence-corrected chi connectivity index (χ4v) is 3.86. The molecule has 1 amide bonds. The Labute approximate surface area is 187 Å². The Morgan fingerprint density at radius 3 is 2.55 bits per heavy atom. The highest BCUT2D eigenvalue weighted by Gasteiger charge is 2.34. The van der Waals surface area contributed by atoms with Gasteiger partial charge in [-0.05, 0) is 47.7 Å². The molecular weight excluding hydrogens is 447 g/mol. The van der Waals surface area contributed by atoms with Crippen molar-refractivity contribution in [3.05, 3.63) is 63.8 Å². The summed E-state index contributed by atoms with van der Waals surface area (Å²) in [6.07, 6.45) is 1.11. The van der Waals surface area contributed by atoms with Crippen molar-refractivity contribution in [1.29, 1.82) is 0 Å². The van der Waals surface area contributed by atoms with Crippen molar-refractivity contribution < 1.29 is 28.2 Å². The third-order valence-corrected chi connectivity index (χ3v) is 5.55. The summed E-state index contributed by atoms with van der Waals surface area (Å²) in [6.45, 7) is 0.151. The second-order valence-electron chi connectivity index (χ2n) is 6.21. The molecule has 2 aromatic rings. The summed E-state index contributed by atoms with van der Waals surface area (Å²) in [4.78, 5) is 30.6. The van der Waals surface area contributed by atoms with Crippen LogP contribution in [0.5, 0.6) is 11.5 Å². The van der Waals surface area contributed by atoms with E-state index in [-0.39, 0.29) is 16.5 Å². The van der Waals surface area contributed by atoms with E-state index in [1.165, 1.54) is 44.4 Å². The largest absolute Gasteiger partial charge is 0.493 e. The molecule has 1 saturated heterocycles. The van der Waals surface area contributed by atoms with Crippen molar-refractivity contribution in [2.24, 2.45) is 4.99 Å². The Morgan fingerprint density at radius 1 is 1.16 bits per heavy atom. The molecule has 10 heteroatoms. The molecule has 0 spiro atoms. The summed E-state index contributed by atoms with van der Waals surface area (Å²) >= 11 is 6.85. The van der Waals surface area contributed by atoms with Crippen LogP contribution in [0.1, 0.15) is 5.56 Å². The van der Waals surface area contributed by atoms with Crippen LogP contribution in [0, 0.1) is 5.82 Å². The number of nitrogens with zero attached hydrogens (tertiary/aromatic N) is 2. The number of aliphatic imine (C=N–C) groups is 1. The lowest BCUT2D eigenvalue weighted by Gasteiger charge is -2.17. The summed E-state index contributed by atoms with van der Waals surface area (Å²) in [6, 6.07) is 9.23. The molecule has 162 valence electrons. The van der Waals surface area contributed by atoms with E-state index < -0.39 is 17.7 Å². The average molecular weight is 465 g/mol. The van der Waals surface area contributed by atoms with Crippen LogP contribution >= 0.6 is 23.4 Å². The molecule has 2 aromatic carbocycles. The molecule has 1 aliphatic rings. The molecule has 0 bridgehead atoms. The molecule has 1 heterocycles. The van der Waals surface area contributed by atoms with Gasteiger partial charge in [-0.1, -0.05) is 17.7 Å². The van der Waals surface area contributed by atoms with Gasteiger partial charge in [0.1, 0.15) is 5.82 Å². The smallest absolute Gasteiger partial charge is 0.331 e. The molecule has 1 aliphatic heterocycles. The first-order chi connectivity index (χ1) is 14.9. The van der Waals surface area contributed by atoms with E-state index in [2.05, 4.69) is 9.73 Å². The van der Waals surface area contributed by atoms with Gasteiger partial charge < -0.3 is 14.2 Å². The Morgan fingerprint density at radius 2 is 1.90 bits per heavy atom. The first-order valence-electron chi connectivity index (χ1n) is 8.90. The van der Waals surface area contributed by atoms with E-state index in [1.54, 1.807) is 18.2 Å². The minimum absolute atomic E-state index is 0.0899. The number of ether oxygens (including phenoxy) is 3. The maximum Gasteiger partial charge on any atom is 0.331 e. The molecule has 7 nitrogen and oxygen atoms in total. The van der Waals surface area contributed by atoms with Crippen molar-refractivity contribution >= 4 is 46.1 Å². The van der Waals surface area contributed by atoms with Crippen LogP contribution in [-0.4, -0.2) is 43.3 Å². The minimum atomic E-state index is -0.659. The molecule has 0 saturated carbocycles. The zero-order valence-corrected chi connectivity index (χ0v) is 18.4. The Balaban J connectivity index is 1.99. The maximum absolute atomic E-state index is 13.5. The molecule has 0 N–H and O–H groups in total. The average Bonchev–Trinajstić information content (AvgIpc) is 3.04. The Bertz CT molecular complexity index is 1090. The standard InChI is InChI=1S/C21H18ClFN2O5S/c1-28-16-7-4-12(8-17(16)29-2)11-25-20(27)18(10-19(26)30-3)31-21(25)24-13-5-6-15(23)14(22)9-13/h4-10H,11H2,1-3H3/b18-10+,24-21?. The Hall–Kier alpha value is -3.04. The van der Waals surface area contributed by atoms with Gasteiger partial charge in [-0.2, -0.15) is 0 Å². The SMILES string of the molecule is COC(=O)/C=C1/SC(=Nc2ccc(F)c(Cl)c2)N(Cc2ccc(OC)c(OC)c2)C1=O. The zero-order valence-electron chi connectivity index (χ0n) is 16.8. The number of thioether (sulfide) groups is 1. The molecular formula is C21H18ClFN2O5S. The van der Waals surface area contributed by atoms with Gasteiger partial charge in [0.05, 0.1) is 43.5 Å². The molecule has 1 fully saturated rings. The van der Waals surface area contributed by atoms with Crippen molar-refractivity contribution in [2.45, 2.75) is 6.54 Å². The third kappa shape index (κ3) is 5.18. The topological polar surface area (TPSA) is 77.4 Å². The first-order valence-corrected chi connectivity index (χ1v) is 10.1. The van der Waals surface area contributed by atoms with Gasteiger partial charge >= 0.3 is 5.97 Å². The number of methoxy groups -OCH3 is 3. The molecule has 0 unspecified atom stereocenters. The highest BCUT2D eigenvalue weighted by molar-refractivity contribution is 8.18. The van der Waals surface area contributed by atoms with E-state index >= 15 is 0 Å². The van der Waals surface area contributed by atoms with Crippen molar-refractivity contribution in [3.63, 3.8) is 0 Å². The molecule has 31 heavy (non-hydrogen) atoms. The number of amides is 1. The van der Waals surface area contributed by atoms with Gasteiger partial charge in [0.15, 0.2) is 16.7 Å². The highest BCUT2D eigenvalue weighted by atomic mass is 35.5. The first kappa shape index (κ1) is 22.6. The lowest BCUT2D eigenvalue weighted by atomic mass is 10.2. The zero-order chi connectivity index (χ0) is 22.5. The van der Waals surface area contributed by atoms with E-state index in [4.69, 9.17) is 21.1 Å². The van der Waals surface area contributed by atoms with E-state index in [0.717, 1.165) is 23.4 Å². The van der Waals surface area contributed by atoms with E-state index in [0.29, 0.717) is 22.4 Å². The van der Waals surface area contributed by atoms with Gasteiger partial charge in [-0.3, -0.25) is 9.69 Å². The number of amidine groups is 1. The quantitative estimate of drug-likeness (QED) is 0.468. The maximum atomic E-state index is 13.5. The lowest BCUT2D eigenvalue weighted by Crippen LogP contribution is -2.28. The van der Waals surface area contributed by atoms with Crippen LogP contribution in [0.3, 0.4) is 0 Å². The fourth-order valence-electron chi connectivity index (χ4n) is 2.72. The van der Waals surface area contributed by atoms with Crippen molar-refractivity contribution in [1.82, 2.24) is 4.90 Å². The van der Waals surface area contributed by atoms with E-state index in [9.17, 15) is 14.0 Å². The number of esters is 1. The minimum Gasteiger partial charge on any atom is -0.493 e. The van der Waals surface area contributed by atoms with Gasteiger partial charge in [0, 0.05) is 6.08 Å². The van der Waals surface area contributed by atoms with Crippen LogP contribution in [0.2, 0.25) is 5.02 Å². The van der Waals surface area contributed by atoms with Gasteiger partial charge in [-0.25, -0.2) is 14.2 Å². The summed E-state index contributed by atoms with van der Waals surface area (Å²) in [7, 11) is 4.27. The van der Waals surface area contributed by atoms with Gasteiger partial charge in [-0.15, -0.1) is 0 Å². The molecule has 0 aromatic heterocycles. The summed E-state index contributed by atoms with van der Waals surface area (Å²) in [5.41, 5.74) is 1.11. The van der Waals surface area contributed by atoms with Crippen molar-refractivity contribution in [3.8, 4) is 11.5 Å². The van der Waals surface area contributed by atoms with Crippen LogP contribution in [0.15, 0.2) is 52.4 Å². The number of hydrogen-bond acceptors (Lipinski definition) is 7. The van der Waals surface area contributed by atoms with Gasteiger partial charge in [0.2, 0.25) is 0 Å². The van der Waals surface area contributed by atoms with Crippen LogP contribution in [-0.2, 0) is 20.9 Å². The predicted molar refractivity (Wildman–Crippen MR) is 116 cm³/mol. The highest BCUT2D eigenvalue weighted by Crippen LogP contribution is 2.36. The van der Waals surface area contributed by atoms with Crippen LogP contribution < -0.4 is 9.47 Å². The second-order valence-corrected chi connectivity index (χ2v) is 7.62. The summed E-state index contributed by atoms with van der Waals surface area (Å²) in [5.74, 6) is -0.595. The van der Waals surface area contributed by atoms with E-state index in [1.807, 2.05) is 0 Å². The summed E-state index contributed by atoms with van der Waals surface area (Å²) < 4.78 is 28.7. The normalized spacial score (nSPS) is 16.2. The number of rotatable bonds is 6. The molecule has 0 radical (unpaired) electrons. The fraction of sp³-hybridized carbons (Fsp3) is 0.190. The predicted octanol–water partition coefficient (Wildman–Crippen LogP) is 4.32. The lowest BCUT2D eigenvalue weighted by molar-refractivity contribution is -0.135. The summed E-state index contributed by atoms with van der Waals surface area (Å²) in [5, 5.41) is 0.213. The number of hydrogen-bond donors (Lipinski definition) is 0. The number of carbonyl (C=O) groups is 2. The Kier molecular flexibility index (Phi) is 7.19. The second kappa shape index (κ2) is 9.84. The van der Waals surface area contributed by atoms with Crippen molar-refractivity contribution in [2.75, 3.05) is 21.3 Å². The monoisotopic (exact) mass is 464 g/mol. The number of halogens is 2. The molecule has 0 atom stereocenters. The third-order valence-electron chi connectivity index (χ3n) is 4.25. The number of carbonyl (C=O) groups excluding carboxylic acids is 2. The number of benzene rings is 2.